The average Bonchev–Trinajstić information content (AvgIpc) is 3.06. The number of hydrogen-bond acceptors (Lipinski definition) is 5. The quantitative estimate of drug-likeness (QED) is 0.556. The van der Waals surface area contributed by atoms with E-state index in [1.54, 1.807) is 17.7 Å². The average molecular weight is 360 g/mol. The van der Waals surface area contributed by atoms with Crippen molar-refractivity contribution >= 4 is 37.6 Å². The van der Waals surface area contributed by atoms with Gasteiger partial charge in [0.05, 0.1) is 10.2 Å². The van der Waals surface area contributed by atoms with Gasteiger partial charge in [-0.3, -0.25) is 0 Å². The molecule has 0 bridgehead atoms. The van der Waals surface area contributed by atoms with Gasteiger partial charge in [0, 0.05) is 17.6 Å². The lowest BCUT2D eigenvalue weighted by molar-refractivity contribution is 0.683. The Labute approximate surface area is 156 Å². The number of nitrogens with zero attached hydrogens (tertiary/aromatic N) is 3. The maximum atomic E-state index is 4.91. The zero-order chi connectivity index (χ0) is 17.5. The van der Waals surface area contributed by atoms with Crippen molar-refractivity contribution < 1.29 is 0 Å². The van der Waals surface area contributed by atoms with E-state index >= 15 is 0 Å². The Kier molecular flexibility index (Phi) is 3.82. The van der Waals surface area contributed by atoms with Crippen LogP contribution in [-0.2, 0) is 19.4 Å². The maximum absolute atomic E-state index is 4.91. The summed E-state index contributed by atoms with van der Waals surface area (Å²) in [6.07, 6.45) is 6.48. The van der Waals surface area contributed by atoms with Gasteiger partial charge in [0.15, 0.2) is 0 Å². The molecule has 0 atom stereocenters. The SMILES string of the molecule is Cc1nc2sc3c(NCc4ccccc4)ncnc3c2c2c1CCCC2. The second-order valence-corrected chi connectivity index (χ2v) is 7.88. The molecule has 0 spiro atoms. The second-order valence-electron chi connectivity index (χ2n) is 6.88. The molecule has 130 valence electrons. The van der Waals surface area contributed by atoms with Gasteiger partial charge in [0.2, 0.25) is 0 Å². The molecule has 26 heavy (non-hydrogen) atoms. The summed E-state index contributed by atoms with van der Waals surface area (Å²) in [6.45, 7) is 2.90. The van der Waals surface area contributed by atoms with Gasteiger partial charge in [0.25, 0.3) is 0 Å². The van der Waals surface area contributed by atoms with E-state index in [4.69, 9.17) is 4.98 Å². The first-order valence-corrected chi connectivity index (χ1v) is 9.96. The number of thiophene rings is 1. The Morgan fingerprint density at radius 2 is 1.85 bits per heavy atom. The summed E-state index contributed by atoms with van der Waals surface area (Å²) in [4.78, 5) is 15.2. The highest BCUT2D eigenvalue weighted by Crippen LogP contribution is 2.40. The third-order valence-corrected chi connectivity index (χ3v) is 6.31. The van der Waals surface area contributed by atoms with Crippen molar-refractivity contribution in [3.05, 3.63) is 59.0 Å². The fourth-order valence-electron chi connectivity index (χ4n) is 3.96. The van der Waals surface area contributed by atoms with Crippen molar-refractivity contribution in [2.75, 3.05) is 5.32 Å². The molecule has 3 heterocycles. The lowest BCUT2D eigenvalue weighted by atomic mass is 9.89. The number of pyridine rings is 1. The third-order valence-electron chi connectivity index (χ3n) is 5.23. The smallest absolute Gasteiger partial charge is 0.147 e. The summed E-state index contributed by atoms with van der Waals surface area (Å²) in [5.41, 5.74) is 6.40. The molecular weight excluding hydrogens is 340 g/mol. The number of benzene rings is 1. The van der Waals surface area contributed by atoms with Gasteiger partial charge in [-0.05, 0) is 49.3 Å². The highest BCUT2D eigenvalue weighted by Gasteiger charge is 2.21. The molecule has 0 fully saturated rings. The first-order chi connectivity index (χ1) is 12.8. The van der Waals surface area contributed by atoms with Crippen LogP contribution in [0.3, 0.4) is 0 Å². The fourth-order valence-corrected chi connectivity index (χ4v) is 5.13. The zero-order valence-corrected chi connectivity index (χ0v) is 15.6. The van der Waals surface area contributed by atoms with E-state index in [9.17, 15) is 0 Å². The molecule has 1 N–H and O–H groups in total. The summed E-state index contributed by atoms with van der Waals surface area (Å²) < 4.78 is 1.12. The number of aromatic nitrogens is 3. The van der Waals surface area contributed by atoms with Crippen LogP contribution in [0.1, 0.15) is 35.2 Å². The van der Waals surface area contributed by atoms with E-state index in [1.807, 2.05) is 6.07 Å². The minimum absolute atomic E-state index is 0.756. The maximum Gasteiger partial charge on any atom is 0.147 e. The summed E-state index contributed by atoms with van der Waals surface area (Å²) in [7, 11) is 0. The zero-order valence-electron chi connectivity index (χ0n) is 14.7. The molecule has 5 rings (SSSR count). The van der Waals surface area contributed by atoms with E-state index in [0.29, 0.717) is 0 Å². The monoisotopic (exact) mass is 360 g/mol. The summed E-state index contributed by atoms with van der Waals surface area (Å²) in [5.74, 6) is 0.907. The topological polar surface area (TPSA) is 50.7 Å². The van der Waals surface area contributed by atoms with Crippen LogP contribution in [0.4, 0.5) is 5.82 Å². The molecule has 1 aromatic carbocycles. The van der Waals surface area contributed by atoms with Gasteiger partial charge in [-0.15, -0.1) is 11.3 Å². The van der Waals surface area contributed by atoms with Crippen molar-refractivity contribution in [2.45, 2.75) is 39.2 Å². The molecule has 3 aromatic heterocycles. The van der Waals surface area contributed by atoms with Crippen molar-refractivity contribution in [3.8, 4) is 0 Å². The number of rotatable bonds is 3. The largest absolute Gasteiger partial charge is 0.365 e. The Balaban J connectivity index is 1.64. The van der Waals surface area contributed by atoms with Crippen LogP contribution in [0.15, 0.2) is 36.7 Å². The molecule has 0 unspecified atom stereocenters. The van der Waals surface area contributed by atoms with Gasteiger partial charge >= 0.3 is 0 Å². The van der Waals surface area contributed by atoms with Gasteiger partial charge in [-0.2, -0.15) is 0 Å². The Bertz CT molecular complexity index is 1100. The summed E-state index contributed by atoms with van der Waals surface area (Å²) >= 11 is 1.71. The summed E-state index contributed by atoms with van der Waals surface area (Å²) in [6, 6.07) is 10.4. The van der Waals surface area contributed by atoms with Crippen LogP contribution >= 0.6 is 11.3 Å². The van der Waals surface area contributed by atoms with Gasteiger partial charge < -0.3 is 5.32 Å². The molecule has 4 nitrogen and oxygen atoms in total. The van der Waals surface area contributed by atoms with Crippen LogP contribution in [0, 0.1) is 6.92 Å². The Morgan fingerprint density at radius 1 is 1.04 bits per heavy atom. The first-order valence-electron chi connectivity index (χ1n) is 9.14. The van der Waals surface area contributed by atoms with Crippen LogP contribution < -0.4 is 5.32 Å². The molecule has 1 aliphatic rings. The molecule has 0 radical (unpaired) electrons. The number of nitrogens with one attached hydrogen (secondary N) is 1. The Hall–Kier alpha value is -2.53. The van der Waals surface area contributed by atoms with Crippen LogP contribution in [0.5, 0.6) is 0 Å². The molecule has 0 aliphatic heterocycles. The van der Waals surface area contributed by atoms with Gasteiger partial charge in [0.1, 0.15) is 17.0 Å². The van der Waals surface area contributed by atoms with Crippen molar-refractivity contribution in [2.24, 2.45) is 0 Å². The molecular formula is C21H20N4S. The van der Waals surface area contributed by atoms with E-state index < -0.39 is 0 Å². The van der Waals surface area contributed by atoms with Crippen LogP contribution in [0.2, 0.25) is 0 Å². The lowest BCUT2D eigenvalue weighted by Gasteiger charge is -2.18. The van der Waals surface area contributed by atoms with Crippen molar-refractivity contribution in [1.29, 1.82) is 0 Å². The summed E-state index contributed by atoms with van der Waals surface area (Å²) in [5, 5.41) is 4.75. The van der Waals surface area contributed by atoms with E-state index in [0.717, 1.165) is 40.3 Å². The second kappa shape index (κ2) is 6.32. The van der Waals surface area contributed by atoms with E-state index in [1.165, 1.54) is 40.6 Å². The van der Waals surface area contributed by atoms with Crippen molar-refractivity contribution in [3.63, 3.8) is 0 Å². The van der Waals surface area contributed by atoms with Gasteiger partial charge in [-0.25, -0.2) is 15.0 Å². The highest BCUT2D eigenvalue weighted by molar-refractivity contribution is 7.26. The molecule has 0 saturated carbocycles. The number of anilines is 1. The van der Waals surface area contributed by atoms with E-state index in [-0.39, 0.29) is 0 Å². The minimum atomic E-state index is 0.756. The number of fused-ring (bicyclic) bond motifs is 5. The lowest BCUT2D eigenvalue weighted by Crippen LogP contribution is -2.07. The predicted octanol–water partition coefficient (Wildman–Crippen LogP) is 5.04. The number of hydrogen-bond donors (Lipinski definition) is 1. The molecule has 0 amide bonds. The van der Waals surface area contributed by atoms with Crippen LogP contribution in [-0.4, -0.2) is 15.0 Å². The number of aryl methyl sites for hydroxylation is 2. The fraction of sp³-hybridized carbons (Fsp3) is 0.286. The van der Waals surface area contributed by atoms with Crippen LogP contribution in [0.25, 0.3) is 20.4 Å². The molecule has 1 aliphatic carbocycles. The molecule has 4 aromatic rings. The highest BCUT2D eigenvalue weighted by atomic mass is 32.1. The van der Waals surface area contributed by atoms with Crippen molar-refractivity contribution in [1.82, 2.24) is 15.0 Å². The minimum Gasteiger partial charge on any atom is -0.365 e. The molecule has 0 saturated heterocycles. The predicted molar refractivity (Wildman–Crippen MR) is 108 cm³/mol. The molecule has 5 heteroatoms. The third kappa shape index (κ3) is 2.54. The standard InChI is InChI=1S/C21H20N4S/c1-13-15-9-5-6-10-16(15)17-18-19(26-21(17)25-13)20(24-12-23-18)22-11-14-7-3-2-4-8-14/h2-4,7-8,12H,5-6,9-11H2,1H3,(H,22,23,24). The van der Waals surface area contributed by atoms with Gasteiger partial charge in [-0.1, -0.05) is 30.3 Å². The van der Waals surface area contributed by atoms with E-state index in [2.05, 4.69) is 46.5 Å². The normalized spacial score (nSPS) is 13.9. The first kappa shape index (κ1) is 15.7. The Morgan fingerprint density at radius 3 is 2.69 bits per heavy atom.